The van der Waals surface area contributed by atoms with E-state index < -0.39 is 0 Å². The number of aryl methyl sites for hydroxylation is 2. The summed E-state index contributed by atoms with van der Waals surface area (Å²) in [5.41, 5.74) is 1.49. The van der Waals surface area contributed by atoms with Crippen LogP contribution in [0.3, 0.4) is 0 Å². The molecule has 0 saturated heterocycles. The maximum Gasteiger partial charge on any atom is 0.258 e. The molecule has 0 saturated carbocycles. The summed E-state index contributed by atoms with van der Waals surface area (Å²) in [4.78, 5) is 18.2. The molecule has 0 radical (unpaired) electrons. The molecule has 1 aromatic heterocycles. The van der Waals surface area contributed by atoms with Gasteiger partial charge >= 0.3 is 0 Å². The van der Waals surface area contributed by atoms with Gasteiger partial charge in [0, 0.05) is 14.2 Å². The Bertz CT molecular complexity index is 591. The van der Waals surface area contributed by atoms with Gasteiger partial charge < -0.3 is 0 Å². The van der Waals surface area contributed by atoms with Crippen molar-refractivity contribution in [3.63, 3.8) is 0 Å². The van der Waals surface area contributed by atoms with Crippen LogP contribution in [0.1, 0.15) is 20.9 Å². The third-order valence-electron chi connectivity index (χ3n) is 2.44. The summed E-state index contributed by atoms with van der Waals surface area (Å²) in [6.07, 6.45) is 0. The molecule has 0 aliphatic heterocycles. The zero-order valence-corrected chi connectivity index (χ0v) is 13.1. The first-order chi connectivity index (χ1) is 8.47. The summed E-state index contributed by atoms with van der Waals surface area (Å²) < 4.78 is 0.739. The van der Waals surface area contributed by atoms with Gasteiger partial charge in [-0.05, 0) is 48.0 Å². The van der Waals surface area contributed by atoms with Gasteiger partial charge in [-0.15, -0.1) is 24.0 Å². The van der Waals surface area contributed by atoms with Gasteiger partial charge in [0.2, 0.25) is 0 Å². The molecule has 18 heavy (non-hydrogen) atoms. The lowest BCUT2D eigenvalue weighted by atomic mass is 10.2. The highest BCUT2D eigenvalue weighted by molar-refractivity contribution is 9.10. The minimum Gasteiger partial charge on any atom is -0.298 e. The van der Waals surface area contributed by atoms with Gasteiger partial charge in [0.25, 0.3) is 5.91 Å². The van der Waals surface area contributed by atoms with Gasteiger partial charge in [0.1, 0.15) is 0 Å². The summed E-state index contributed by atoms with van der Waals surface area (Å²) in [5.74, 6) is -0.188. The van der Waals surface area contributed by atoms with Gasteiger partial charge in [0.15, 0.2) is 5.13 Å². The standard InChI is InChI=1S/C12H11BrN2OS2/c1-6-7(2)18-12(14-6)15-11(16)9-5-8(17)3-4-10(9)13/h3-5,17H,1-2H3,(H,14,15,16). The molecule has 2 rings (SSSR count). The second-order valence-corrected chi connectivity index (χ2v) is 6.35. The monoisotopic (exact) mass is 342 g/mol. The zero-order chi connectivity index (χ0) is 13.3. The number of nitrogens with one attached hydrogen (secondary N) is 1. The highest BCUT2D eigenvalue weighted by Crippen LogP contribution is 2.24. The Balaban J connectivity index is 2.24. The molecule has 3 nitrogen and oxygen atoms in total. The first kappa shape index (κ1) is 13.6. The average molecular weight is 343 g/mol. The van der Waals surface area contributed by atoms with Crippen LogP contribution in [0.2, 0.25) is 0 Å². The predicted octanol–water partition coefficient (Wildman–Crippen LogP) is 4.06. The van der Waals surface area contributed by atoms with Gasteiger partial charge in [-0.2, -0.15) is 0 Å². The Labute approximate surface area is 123 Å². The molecule has 94 valence electrons. The third-order valence-corrected chi connectivity index (χ3v) is 4.40. The number of hydrogen-bond donors (Lipinski definition) is 2. The van der Waals surface area contributed by atoms with Crippen LogP contribution in [0.5, 0.6) is 0 Å². The van der Waals surface area contributed by atoms with Crippen molar-refractivity contribution in [2.24, 2.45) is 0 Å². The van der Waals surface area contributed by atoms with Crippen molar-refractivity contribution >= 4 is 50.9 Å². The van der Waals surface area contributed by atoms with E-state index in [9.17, 15) is 4.79 Å². The van der Waals surface area contributed by atoms with Gasteiger partial charge in [0.05, 0.1) is 11.3 Å². The second kappa shape index (κ2) is 5.42. The Kier molecular flexibility index (Phi) is 4.09. The number of nitrogens with zero attached hydrogens (tertiary/aromatic N) is 1. The number of rotatable bonds is 2. The maximum atomic E-state index is 12.1. The number of thiazole rings is 1. The van der Waals surface area contributed by atoms with Crippen molar-refractivity contribution in [2.75, 3.05) is 5.32 Å². The normalized spacial score (nSPS) is 10.4. The number of aromatic nitrogens is 1. The lowest BCUT2D eigenvalue weighted by Crippen LogP contribution is -2.12. The van der Waals surface area contributed by atoms with Crippen LogP contribution in [0, 0.1) is 13.8 Å². The van der Waals surface area contributed by atoms with Crippen molar-refractivity contribution < 1.29 is 4.79 Å². The zero-order valence-electron chi connectivity index (χ0n) is 9.82. The van der Waals surface area contributed by atoms with Crippen molar-refractivity contribution in [1.82, 2.24) is 4.98 Å². The van der Waals surface area contributed by atoms with E-state index >= 15 is 0 Å². The fourth-order valence-electron chi connectivity index (χ4n) is 1.38. The fourth-order valence-corrected chi connectivity index (χ4v) is 2.82. The highest BCUT2D eigenvalue weighted by Gasteiger charge is 2.13. The van der Waals surface area contributed by atoms with Crippen LogP contribution >= 0.6 is 39.9 Å². The first-order valence-electron chi connectivity index (χ1n) is 5.21. The Morgan fingerprint density at radius 2 is 2.17 bits per heavy atom. The molecule has 1 heterocycles. The molecule has 0 aliphatic rings. The third kappa shape index (κ3) is 2.93. The Morgan fingerprint density at radius 3 is 2.78 bits per heavy atom. The van der Waals surface area contributed by atoms with Crippen LogP contribution in [-0.4, -0.2) is 10.9 Å². The van der Waals surface area contributed by atoms with E-state index in [-0.39, 0.29) is 5.91 Å². The molecular formula is C12H11BrN2OS2. The lowest BCUT2D eigenvalue weighted by molar-refractivity contribution is 0.102. The van der Waals surface area contributed by atoms with E-state index in [0.717, 1.165) is 19.9 Å². The van der Waals surface area contributed by atoms with E-state index in [0.29, 0.717) is 10.7 Å². The second-order valence-electron chi connectivity index (χ2n) is 3.78. The Morgan fingerprint density at radius 1 is 1.44 bits per heavy atom. The van der Waals surface area contributed by atoms with Crippen LogP contribution in [0.4, 0.5) is 5.13 Å². The van der Waals surface area contributed by atoms with E-state index in [4.69, 9.17) is 0 Å². The van der Waals surface area contributed by atoms with Gasteiger partial charge in [-0.25, -0.2) is 4.98 Å². The minimum atomic E-state index is -0.188. The van der Waals surface area contributed by atoms with E-state index in [1.54, 1.807) is 12.1 Å². The topological polar surface area (TPSA) is 42.0 Å². The van der Waals surface area contributed by atoms with E-state index in [1.807, 2.05) is 19.9 Å². The van der Waals surface area contributed by atoms with Crippen molar-refractivity contribution in [3.8, 4) is 0 Å². The van der Waals surface area contributed by atoms with Gasteiger partial charge in [-0.3, -0.25) is 10.1 Å². The molecule has 0 unspecified atom stereocenters. The van der Waals surface area contributed by atoms with Crippen LogP contribution in [0.15, 0.2) is 27.6 Å². The lowest BCUT2D eigenvalue weighted by Gasteiger charge is -2.04. The number of carbonyl (C=O) groups excluding carboxylic acids is 1. The Hall–Kier alpha value is -0.850. The number of amides is 1. The summed E-state index contributed by atoms with van der Waals surface area (Å²) in [5, 5.41) is 3.41. The SMILES string of the molecule is Cc1nc(NC(=O)c2cc(S)ccc2Br)sc1C. The fraction of sp³-hybridized carbons (Fsp3) is 0.167. The van der Waals surface area contributed by atoms with Crippen molar-refractivity contribution in [1.29, 1.82) is 0 Å². The van der Waals surface area contributed by atoms with Gasteiger partial charge in [-0.1, -0.05) is 0 Å². The molecule has 0 atom stereocenters. The van der Waals surface area contributed by atoms with E-state index in [2.05, 4.69) is 38.9 Å². The molecule has 1 amide bonds. The molecule has 0 spiro atoms. The molecule has 1 N–H and O–H groups in total. The number of benzene rings is 1. The summed E-state index contributed by atoms with van der Waals surface area (Å²) in [7, 11) is 0. The molecule has 0 bridgehead atoms. The molecule has 2 aromatic rings. The molecule has 6 heteroatoms. The minimum absolute atomic E-state index is 0.188. The molecule has 0 fully saturated rings. The van der Waals surface area contributed by atoms with Crippen LogP contribution in [0.25, 0.3) is 0 Å². The first-order valence-corrected chi connectivity index (χ1v) is 7.27. The summed E-state index contributed by atoms with van der Waals surface area (Å²) >= 11 is 9.05. The predicted molar refractivity (Wildman–Crippen MR) is 80.9 cm³/mol. The number of carbonyl (C=O) groups is 1. The number of halogens is 1. The van der Waals surface area contributed by atoms with Crippen LogP contribution in [-0.2, 0) is 0 Å². The highest BCUT2D eigenvalue weighted by atomic mass is 79.9. The molecule has 1 aromatic carbocycles. The quantitative estimate of drug-likeness (QED) is 0.808. The van der Waals surface area contributed by atoms with E-state index in [1.165, 1.54) is 11.3 Å². The number of thiol groups is 1. The number of anilines is 1. The van der Waals surface area contributed by atoms with Crippen molar-refractivity contribution in [3.05, 3.63) is 38.8 Å². The summed E-state index contributed by atoms with van der Waals surface area (Å²) in [6.45, 7) is 3.90. The maximum absolute atomic E-state index is 12.1. The largest absolute Gasteiger partial charge is 0.298 e. The van der Waals surface area contributed by atoms with Crippen molar-refractivity contribution in [2.45, 2.75) is 18.7 Å². The summed E-state index contributed by atoms with van der Waals surface area (Å²) in [6, 6.07) is 5.34. The number of hydrogen-bond acceptors (Lipinski definition) is 4. The average Bonchev–Trinajstić information content (AvgIpc) is 2.61. The molecular weight excluding hydrogens is 332 g/mol. The smallest absolute Gasteiger partial charge is 0.258 e. The molecule has 0 aliphatic carbocycles. The van der Waals surface area contributed by atoms with Crippen LogP contribution < -0.4 is 5.32 Å².